The number of benzene rings is 2. The van der Waals surface area contributed by atoms with Gasteiger partial charge in [-0.25, -0.2) is 0 Å². The molecule has 1 amide bonds. The van der Waals surface area contributed by atoms with Crippen molar-refractivity contribution in [3.8, 4) is 0 Å². The van der Waals surface area contributed by atoms with E-state index in [1.54, 1.807) is 48.5 Å². The molecule has 2 aromatic carbocycles. The van der Waals surface area contributed by atoms with Crippen molar-refractivity contribution in [2.24, 2.45) is 10.2 Å². The number of aliphatic carboxylic acids is 4. The van der Waals surface area contributed by atoms with Gasteiger partial charge in [0.25, 0.3) is 0 Å². The molecule has 1 unspecified atom stereocenters. The minimum Gasteiger partial charge on any atom is -0.480 e. The second-order valence-electron chi connectivity index (χ2n) is 12.0. The lowest BCUT2D eigenvalue weighted by atomic mass is 10.1. The molecule has 2 atom stereocenters. The van der Waals surface area contributed by atoms with Gasteiger partial charge in [-0.1, -0.05) is 52.3 Å². The third kappa shape index (κ3) is 16.1. The minimum atomic E-state index is -1.14. The maximum absolute atomic E-state index is 12.2. The van der Waals surface area contributed by atoms with Crippen LogP contribution in [0.2, 0.25) is 0 Å². The van der Waals surface area contributed by atoms with E-state index in [9.17, 15) is 34.2 Å². The zero-order valence-electron chi connectivity index (χ0n) is 27.8. The summed E-state index contributed by atoms with van der Waals surface area (Å²) in [5, 5.41) is 49.5. The summed E-state index contributed by atoms with van der Waals surface area (Å²) in [6, 6.07) is 12.6. The van der Waals surface area contributed by atoms with Gasteiger partial charge in [-0.2, -0.15) is 10.2 Å². The zero-order chi connectivity index (χ0) is 36.3. The molecule has 0 bridgehead atoms. The Morgan fingerprint density at radius 2 is 1.34 bits per heavy atom. The largest absolute Gasteiger partial charge is 0.480 e. The normalized spacial score (nSPS) is 15.0. The quantitative estimate of drug-likeness (QED) is 0.0520. The average Bonchev–Trinajstić information content (AvgIpc) is 3.57. The topological polar surface area (TPSA) is 209 Å². The number of nitrogens with zero attached hydrogens (tertiary/aromatic N) is 4. The van der Waals surface area contributed by atoms with Gasteiger partial charge < -0.3 is 25.7 Å². The fraction of sp³-hybridized carbons (Fsp3) is 0.500. The summed E-state index contributed by atoms with van der Waals surface area (Å²) < 4.78 is 0. The molecule has 16 heteroatoms. The van der Waals surface area contributed by atoms with Gasteiger partial charge in [-0.05, 0) is 73.9 Å². The van der Waals surface area contributed by atoms with E-state index in [0.29, 0.717) is 53.6 Å². The highest BCUT2D eigenvalue weighted by Crippen LogP contribution is 2.39. The van der Waals surface area contributed by atoms with Crippen molar-refractivity contribution < 1.29 is 44.4 Å². The van der Waals surface area contributed by atoms with Crippen LogP contribution in [0.15, 0.2) is 58.8 Å². The molecule has 2 aromatic rings. The number of amides is 1. The van der Waals surface area contributed by atoms with E-state index < -0.39 is 49.6 Å². The van der Waals surface area contributed by atoms with Gasteiger partial charge in [0.1, 0.15) is 6.04 Å². The van der Waals surface area contributed by atoms with Crippen LogP contribution in [0.5, 0.6) is 0 Å². The summed E-state index contributed by atoms with van der Waals surface area (Å²) >= 11 is 0. The van der Waals surface area contributed by atoms with Crippen molar-refractivity contribution in [3.05, 3.63) is 59.7 Å². The first-order valence-corrected chi connectivity index (χ1v) is 18.9. The van der Waals surface area contributed by atoms with Crippen LogP contribution in [0, 0.1) is 0 Å². The lowest BCUT2D eigenvalue weighted by Gasteiger charge is -2.27. The third-order valence-electron chi connectivity index (χ3n) is 7.86. The molecule has 0 aromatic heterocycles. The van der Waals surface area contributed by atoms with Gasteiger partial charge in [0.2, 0.25) is 5.91 Å². The number of carboxylic acid groups (broad SMARTS) is 4. The minimum absolute atomic E-state index is 0.00221. The Morgan fingerprint density at radius 1 is 0.760 bits per heavy atom. The number of carbonyl (C=O) groups excluding carboxylic acids is 1. The Bertz CT molecular complexity index is 1420. The predicted octanol–water partition coefficient (Wildman–Crippen LogP) is 5.41. The Labute approximate surface area is 299 Å². The van der Waals surface area contributed by atoms with Gasteiger partial charge >= 0.3 is 23.9 Å². The second-order valence-corrected chi connectivity index (χ2v) is 14.8. The van der Waals surface area contributed by atoms with E-state index >= 15 is 0 Å². The molecule has 1 fully saturated rings. The molecule has 0 saturated carbocycles. The van der Waals surface area contributed by atoms with Gasteiger partial charge in [0.15, 0.2) is 0 Å². The van der Waals surface area contributed by atoms with Crippen molar-refractivity contribution in [2.45, 2.75) is 75.7 Å². The van der Waals surface area contributed by atoms with Crippen LogP contribution in [-0.4, -0.2) is 103 Å². The Balaban J connectivity index is 1.47. The van der Waals surface area contributed by atoms with Gasteiger partial charge in [0, 0.05) is 37.1 Å². The highest BCUT2D eigenvalue weighted by molar-refractivity contribution is 8.77. The summed E-state index contributed by atoms with van der Waals surface area (Å²) in [4.78, 5) is 60.8. The van der Waals surface area contributed by atoms with E-state index in [1.165, 1.54) is 22.0 Å². The number of carboxylic acids is 4. The first kappa shape index (κ1) is 40.4. The van der Waals surface area contributed by atoms with E-state index in [4.69, 9.17) is 10.2 Å². The molecule has 14 nitrogen and oxygen atoms in total. The second kappa shape index (κ2) is 22.0. The Kier molecular flexibility index (Phi) is 17.8. The van der Waals surface area contributed by atoms with Gasteiger partial charge in [0.05, 0.1) is 31.0 Å². The molecule has 1 saturated heterocycles. The summed E-state index contributed by atoms with van der Waals surface area (Å²) in [5.74, 6) is -3.29. The molecule has 0 radical (unpaired) electrons. The Morgan fingerprint density at radius 3 is 1.86 bits per heavy atom. The zero-order valence-corrected chi connectivity index (χ0v) is 29.4. The molecule has 5 N–H and O–H groups in total. The van der Waals surface area contributed by atoms with E-state index in [2.05, 4.69) is 15.5 Å². The number of nitrogens with one attached hydrogen (secondary N) is 1. The summed E-state index contributed by atoms with van der Waals surface area (Å²) in [6.07, 6.45) is 6.07. The van der Waals surface area contributed by atoms with E-state index in [1.807, 2.05) is 21.6 Å². The van der Waals surface area contributed by atoms with Crippen molar-refractivity contribution in [1.82, 2.24) is 15.1 Å². The first-order valence-electron chi connectivity index (χ1n) is 16.5. The lowest BCUT2D eigenvalue weighted by Crippen LogP contribution is -2.43. The van der Waals surface area contributed by atoms with E-state index in [0.717, 1.165) is 19.3 Å². The number of rotatable bonds is 24. The standard InChI is InChI=1S/C34H45N5O9S2/c40-30(7-2-1-5-28-16-18-49-50-28)35-17-4-3-6-29(34(47)48)39(23-33(45)46)20-25-10-14-27(15-11-25)37-36-26-12-8-24(9-13-26)19-38(21-31(41)42)22-32(43)44/h8-15,28-29H,1-7,16-23H2,(H,35,40)(H,41,42)(H,43,44)(H,45,46)(H,47,48)/t28?,29-/m0/s1. The number of hydrogen-bond acceptors (Lipinski definition) is 11. The van der Waals surface area contributed by atoms with Crippen molar-refractivity contribution in [2.75, 3.05) is 31.9 Å². The fourth-order valence-electron chi connectivity index (χ4n) is 5.41. The predicted molar refractivity (Wildman–Crippen MR) is 191 cm³/mol. The molecule has 0 aliphatic carbocycles. The number of azo groups is 1. The smallest absolute Gasteiger partial charge is 0.320 e. The Hall–Kier alpha value is -3.99. The molecule has 1 aliphatic heterocycles. The molecule has 1 aliphatic rings. The van der Waals surface area contributed by atoms with Gasteiger partial charge in [-0.3, -0.25) is 33.8 Å². The van der Waals surface area contributed by atoms with Crippen molar-refractivity contribution >= 4 is 62.7 Å². The lowest BCUT2D eigenvalue weighted by molar-refractivity contribution is -0.147. The molecule has 0 spiro atoms. The SMILES string of the molecule is O=C(O)CN(CC(=O)O)Cc1ccc(N=Nc2ccc(CN(CC(=O)O)[C@@H](CCCCNC(=O)CCCCC3CCSS3)C(=O)O)cc2)cc1. The summed E-state index contributed by atoms with van der Waals surface area (Å²) in [7, 11) is 3.86. The number of hydrogen-bond donors (Lipinski definition) is 5. The van der Waals surface area contributed by atoms with Crippen LogP contribution in [0.25, 0.3) is 0 Å². The molecule has 50 heavy (non-hydrogen) atoms. The third-order valence-corrected chi connectivity index (χ3v) is 10.9. The first-order chi connectivity index (χ1) is 24.0. The molecule has 272 valence electrons. The van der Waals surface area contributed by atoms with Crippen LogP contribution in [0.3, 0.4) is 0 Å². The molecule has 1 heterocycles. The van der Waals surface area contributed by atoms with Crippen LogP contribution < -0.4 is 5.32 Å². The molecular formula is C34H45N5O9S2. The van der Waals surface area contributed by atoms with E-state index in [-0.39, 0.29) is 25.4 Å². The van der Waals surface area contributed by atoms with Crippen LogP contribution >= 0.6 is 21.6 Å². The molecular weight excluding hydrogens is 687 g/mol. The highest BCUT2D eigenvalue weighted by Gasteiger charge is 2.27. The number of unbranched alkanes of at least 4 members (excludes halogenated alkanes) is 2. The molecule has 3 rings (SSSR count). The monoisotopic (exact) mass is 731 g/mol. The maximum atomic E-state index is 12.2. The average molecular weight is 732 g/mol. The highest BCUT2D eigenvalue weighted by atomic mass is 33.1. The van der Waals surface area contributed by atoms with Crippen molar-refractivity contribution in [3.63, 3.8) is 0 Å². The maximum Gasteiger partial charge on any atom is 0.320 e. The fourth-order valence-corrected chi connectivity index (χ4v) is 8.44. The van der Waals surface area contributed by atoms with Gasteiger partial charge in [-0.15, -0.1) is 0 Å². The number of carbonyl (C=O) groups is 5. The summed E-state index contributed by atoms with van der Waals surface area (Å²) in [5.41, 5.74) is 2.44. The van der Waals surface area contributed by atoms with Crippen LogP contribution in [0.1, 0.15) is 62.5 Å². The summed E-state index contributed by atoms with van der Waals surface area (Å²) in [6.45, 7) is -0.594. The van der Waals surface area contributed by atoms with Crippen LogP contribution in [-0.2, 0) is 37.1 Å². The van der Waals surface area contributed by atoms with Crippen molar-refractivity contribution in [1.29, 1.82) is 0 Å². The van der Waals surface area contributed by atoms with Crippen LogP contribution in [0.4, 0.5) is 11.4 Å².